The number of aryl methyl sites for hydroxylation is 2. The van der Waals surface area contributed by atoms with Crippen molar-refractivity contribution in [3.8, 4) is 0 Å². The van der Waals surface area contributed by atoms with Crippen molar-refractivity contribution < 1.29 is 9.13 Å². The number of hydrogen-bond donors (Lipinski definition) is 1. The van der Waals surface area contributed by atoms with Gasteiger partial charge in [0.15, 0.2) is 11.6 Å². The number of rotatable bonds is 8. The van der Waals surface area contributed by atoms with E-state index in [4.69, 9.17) is 4.74 Å². The highest BCUT2D eigenvalue weighted by Gasteiger charge is 2.07. The molecule has 20 heavy (non-hydrogen) atoms. The SMILES string of the molecule is C=C/C=C(F)\C(=C/C=C)OCCCc1c(C)n[nH]c1C. The predicted molar refractivity (Wildman–Crippen MR) is 80.0 cm³/mol. The quantitative estimate of drug-likeness (QED) is 0.441. The molecule has 0 unspecified atom stereocenters. The molecular formula is C16H21FN2O. The van der Waals surface area contributed by atoms with E-state index in [1.807, 2.05) is 13.8 Å². The summed E-state index contributed by atoms with van der Waals surface area (Å²) in [6.45, 7) is 11.4. The van der Waals surface area contributed by atoms with Gasteiger partial charge in [0.2, 0.25) is 0 Å². The van der Waals surface area contributed by atoms with Crippen molar-refractivity contribution >= 4 is 0 Å². The van der Waals surface area contributed by atoms with Crippen molar-refractivity contribution in [3.63, 3.8) is 0 Å². The molecule has 0 spiro atoms. The van der Waals surface area contributed by atoms with Crippen LogP contribution in [0, 0.1) is 13.8 Å². The summed E-state index contributed by atoms with van der Waals surface area (Å²) in [7, 11) is 0. The van der Waals surface area contributed by atoms with Crippen molar-refractivity contribution in [2.75, 3.05) is 6.61 Å². The number of ether oxygens (including phenoxy) is 1. The minimum atomic E-state index is -0.449. The first-order chi connectivity index (χ1) is 9.60. The molecule has 3 nitrogen and oxygen atoms in total. The second-order valence-corrected chi connectivity index (χ2v) is 4.38. The van der Waals surface area contributed by atoms with E-state index >= 15 is 0 Å². The van der Waals surface area contributed by atoms with E-state index in [9.17, 15) is 4.39 Å². The van der Waals surface area contributed by atoms with E-state index < -0.39 is 5.83 Å². The van der Waals surface area contributed by atoms with E-state index in [0.29, 0.717) is 6.61 Å². The molecule has 1 aromatic heterocycles. The molecule has 0 aliphatic heterocycles. The van der Waals surface area contributed by atoms with Crippen molar-refractivity contribution in [3.05, 3.63) is 66.0 Å². The van der Waals surface area contributed by atoms with Gasteiger partial charge < -0.3 is 4.74 Å². The number of allylic oxidation sites excluding steroid dienone is 5. The molecule has 0 aliphatic carbocycles. The Morgan fingerprint density at radius 1 is 1.30 bits per heavy atom. The molecule has 0 fully saturated rings. The van der Waals surface area contributed by atoms with E-state index in [-0.39, 0.29) is 5.76 Å². The molecule has 0 bridgehead atoms. The lowest BCUT2D eigenvalue weighted by molar-refractivity contribution is 0.205. The van der Waals surface area contributed by atoms with E-state index in [1.165, 1.54) is 29.9 Å². The minimum absolute atomic E-state index is 0.181. The Hall–Kier alpha value is -2.10. The Balaban J connectivity index is 2.50. The van der Waals surface area contributed by atoms with E-state index in [0.717, 1.165) is 24.2 Å². The summed E-state index contributed by atoms with van der Waals surface area (Å²) in [5, 5.41) is 7.09. The molecule has 0 amide bonds. The molecule has 0 saturated carbocycles. The monoisotopic (exact) mass is 276 g/mol. The molecule has 0 radical (unpaired) electrons. The average Bonchev–Trinajstić information content (AvgIpc) is 2.73. The summed E-state index contributed by atoms with van der Waals surface area (Å²) in [4.78, 5) is 0. The maximum Gasteiger partial charge on any atom is 0.165 e. The average molecular weight is 276 g/mol. The maximum absolute atomic E-state index is 13.6. The van der Waals surface area contributed by atoms with Gasteiger partial charge in [-0.1, -0.05) is 25.3 Å². The van der Waals surface area contributed by atoms with Crippen LogP contribution >= 0.6 is 0 Å². The summed E-state index contributed by atoms with van der Waals surface area (Å²) in [6, 6.07) is 0. The third-order valence-electron chi connectivity index (χ3n) is 2.88. The third kappa shape index (κ3) is 4.53. The maximum atomic E-state index is 13.6. The Bertz CT molecular complexity index is 507. The molecule has 4 heteroatoms. The summed E-state index contributed by atoms with van der Waals surface area (Å²) >= 11 is 0. The molecule has 1 heterocycles. The van der Waals surface area contributed by atoms with Crippen LogP contribution < -0.4 is 0 Å². The van der Waals surface area contributed by atoms with Crippen LogP contribution in [0.25, 0.3) is 0 Å². The van der Waals surface area contributed by atoms with Gasteiger partial charge in [0.25, 0.3) is 0 Å². The lowest BCUT2D eigenvalue weighted by Gasteiger charge is -2.08. The molecule has 0 saturated heterocycles. The van der Waals surface area contributed by atoms with Gasteiger partial charge in [-0.3, -0.25) is 5.10 Å². The number of halogens is 1. The van der Waals surface area contributed by atoms with Gasteiger partial charge in [-0.15, -0.1) is 0 Å². The van der Waals surface area contributed by atoms with Crippen LogP contribution in [0.2, 0.25) is 0 Å². The minimum Gasteiger partial charge on any atom is -0.491 e. The Labute approximate surface area is 119 Å². The predicted octanol–water partition coefficient (Wildman–Crippen LogP) is 4.09. The normalized spacial score (nSPS) is 12.3. The van der Waals surface area contributed by atoms with Crippen LogP contribution in [0.1, 0.15) is 23.4 Å². The Morgan fingerprint density at radius 2 is 2.00 bits per heavy atom. The van der Waals surface area contributed by atoms with Gasteiger partial charge >= 0.3 is 0 Å². The smallest absolute Gasteiger partial charge is 0.165 e. The fourth-order valence-electron chi connectivity index (χ4n) is 1.86. The molecule has 0 aliphatic rings. The van der Waals surface area contributed by atoms with Crippen molar-refractivity contribution in [2.45, 2.75) is 26.7 Å². The molecule has 108 valence electrons. The number of aromatic amines is 1. The van der Waals surface area contributed by atoms with Gasteiger partial charge in [0, 0.05) is 5.69 Å². The standard InChI is InChI=1S/C16H21FN2O/c1-5-8-15(17)16(9-6-2)20-11-7-10-14-12(3)18-19-13(14)4/h5-6,8-9H,1-2,7,10-11H2,3-4H3,(H,18,19)/b15-8+,16-9+. The first kappa shape index (κ1) is 16.0. The molecule has 0 aromatic carbocycles. The molecule has 1 aromatic rings. The number of hydrogen-bond acceptors (Lipinski definition) is 2. The van der Waals surface area contributed by atoms with Crippen LogP contribution in [-0.2, 0) is 11.2 Å². The molecular weight excluding hydrogens is 255 g/mol. The zero-order chi connectivity index (χ0) is 15.0. The topological polar surface area (TPSA) is 37.9 Å². The largest absolute Gasteiger partial charge is 0.491 e. The second kappa shape index (κ2) is 8.15. The van der Waals surface area contributed by atoms with Crippen LogP contribution in [0.15, 0.2) is 49.0 Å². The molecule has 1 rings (SSSR count). The fourth-order valence-corrected chi connectivity index (χ4v) is 1.86. The first-order valence-corrected chi connectivity index (χ1v) is 6.54. The number of H-pyrrole nitrogens is 1. The third-order valence-corrected chi connectivity index (χ3v) is 2.88. The van der Waals surface area contributed by atoms with Crippen molar-refractivity contribution in [1.82, 2.24) is 10.2 Å². The Morgan fingerprint density at radius 3 is 2.55 bits per heavy atom. The van der Waals surface area contributed by atoms with Crippen LogP contribution in [0.3, 0.4) is 0 Å². The van der Waals surface area contributed by atoms with Gasteiger partial charge in [-0.05, 0) is 44.4 Å². The van der Waals surface area contributed by atoms with E-state index in [2.05, 4.69) is 23.4 Å². The first-order valence-electron chi connectivity index (χ1n) is 6.54. The zero-order valence-electron chi connectivity index (χ0n) is 12.1. The van der Waals surface area contributed by atoms with Crippen LogP contribution in [-0.4, -0.2) is 16.8 Å². The van der Waals surface area contributed by atoms with Gasteiger partial charge in [0.1, 0.15) is 0 Å². The number of nitrogens with zero attached hydrogens (tertiary/aromatic N) is 1. The van der Waals surface area contributed by atoms with Crippen molar-refractivity contribution in [2.24, 2.45) is 0 Å². The fraction of sp³-hybridized carbons (Fsp3) is 0.312. The zero-order valence-corrected chi connectivity index (χ0v) is 12.1. The highest BCUT2D eigenvalue weighted by molar-refractivity contribution is 5.26. The highest BCUT2D eigenvalue weighted by atomic mass is 19.1. The van der Waals surface area contributed by atoms with Gasteiger partial charge in [-0.2, -0.15) is 5.10 Å². The van der Waals surface area contributed by atoms with Gasteiger partial charge in [-0.25, -0.2) is 4.39 Å². The number of aromatic nitrogens is 2. The Kier molecular flexibility index (Phi) is 6.50. The highest BCUT2D eigenvalue weighted by Crippen LogP contribution is 2.16. The van der Waals surface area contributed by atoms with Crippen LogP contribution in [0.4, 0.5) is 4.39 Å². The molecule has 1 N–H and O–H groups in total. The van der Waals surface area contributed by atoms with Gasteiger partial charge in [0.05, 0.1) is 12.3 Å². The lowest BCUT2D eigenvalue weighted by Crippen LogP contribution is -1.99. The molecule has 0 atom stereocenters. The summed E-state index contributed by atoms with van der Waals surface area (Å²) in [5.74, 6) is -0.267. The summed E-state index contributed by atoms with van der Waals surface area (Å²) < 4.78 is 19.1. The van der Waals surface area contributed by atoms with E-state index in [1.54, 1.807) is 0 Å². The van der Waals surface area contributed by atoms with Crippen LogP contribution in [0.5, 0.6) is 0 Å². The van der Waals surface area contributed by atoms with Crippen molar-refractivity contribution in [1.29, 1.82) is 0 Å². The summed E-state index contributed by atoms with van der Waals surface area (Å²) in [5.41, 5.74) is 3.27. The summed E-state index contributed by atoms with van der Waals surface area (Å²) in [6.07, 6.45) is 7.28. The lowest BCUT2D eigenvalue weighted by atomic mass is 10.1. The number of nitrogens with one attached hydrogen (secondary N) is 1. The second-order valence-electron chi connectivity index (χ2n) is 4.38.